The molecule has 0 aliphatic carbocycles. The van der Waals surface area contributed by atoms with Crippen LogP contribution in [0, 0.1) is 13.8 Å². The smallest absolute Gasteiger partial charge is 0.305 e. The quantitative estimate of drug-likeness (QED) is 0.855. The minimum Gasteiger partial charge on any atom is -0.481 e. The van der Waals surface area contributed by atoms with Crippen molar-refractivity contribution in [2.75, 3.05) is 18.0 Å². The molecule has 2 N–H and O–H groups in total. The number of carbonyl (C=O) groups is 2. The lowest BCUT2D eigenvalue weighted by Gasteiger charge is -2.37. The third kappa shape index (κ3) is 2.70. The second-order valence-electron chi connectivity index (χ2n) is 4.84. The van der Waals surface area contributed by atoms with Crippen molar-refractivity contribution in [3.05, 3.63) is 29.3 Å². The molecule has 0 saturated carbocycles. The molecule has 1 amide bonds. The lowest BCUT2D eigenvalue weighted by Crippen LogP contribution is -2.56. The van der Waals surface area contributed by atoms with Gasteiger partial charge in [-0.25, -0.2) is 0 Å². The minimum atomic E-state index is -0.960. The van der Waals surface area contributed by atoms with Gasteiger partial charge in [0.25, 0.3) is 0 Å². The maximum absolute atomic E-state index is 11.9. The van der Waals surface area contributed by atoms with E-state index < -0.39 is 12.0 Å². The van der Waals surface area contributed by atoms with Gasteiger partial charge in [-0.3, -0.25) is 9.59 Å². The summed E-state index contributed by atoms with van der Waals surface area (Å²) in [5.74, 6) is -1.17. The summed E-state index contributed by atoms with van der Waals surface area (Å²) < 4.78 is 0. The van der Waals surface area contributed by atoms with Crippen LogP contribution in [0.3, 0.4) is 0 Å². The molecule has 5 heteroatoms. The van der Waals surface area contributed by atoms with Crippen molar-refractivity contribution in [1.29, 1.82) is 0 Å². The molecular weight excluding hydrogens is 244 g/mol. The van der Waals surface area contributed by atoms with E-state index in [1.165, 1.54) is 0 Å². The first-order chi connectivity index (χ1) is 9.00. The lowest BCUT2D eigenvalue weighted by atomic mass is 10.0. The van der Waals surface area contributed by atoms with Gasteiger partial charge in [0, 0.05) is 18.8 Å². The standard InChI is InChI=1S/C14H18N2O3/c1-9-4-3-5-10(2)13(9)16-7-6-15-14(19)11(16)8-12(17)18/h3-5,11H,6-8H2,1-2H3,(H,15,19)(H,17,18). The van der Waals surface area contributed by atoms with Crippen molar-refractivity contribution in [1.82, 2.24) is 5.32 Å². The number of anilines is 1. The topological polar surface area (TPSA) is 69.6 Å². The molecule has 0 aromatic heterocycles. The Labute approximate surface area is 112 Å². The van der Waals surface area contributed by atoms with Gasteiger partial charge >= 0.3 is 5.97 Å². The van der Waals surface area contributed by atoms with E-state index in [0.717, 1.165) is 16.8 Å². The Bertz CT molecular complexity index is 493. The van der Waals surface area contributed by atoms with Gasteiger partial charge in [-0.05, 0) is 25.0 Å². The molecule has 1 aliphatic heterocycles. The molecule has 1 heterocycles. The zero-order chi connectivity index (χ0) is 14.0. The molecule has 1 aliphatic rings. The summed E-state index contributed by atoms with van der Waals surface area (Å²) in [6, 6.07) is 5.29. The summed E-state index contributed by atoms with van der Waals surface area (Å²) >= 11 is 0. The number of para-hydroxylation sites is 1. The molecule has 1 aromatic carbocycles. The van der Waals surface area contributed by atoms with Crippen LogP contribution in [0.4, 0.5) is 5.69 Å². The van der Waals surface area contributed by atoms with E-state index in [9.17, 15) is 9.59 Å². The average Bonchev–Trinajstić information content (AvgIpc) is 2.32. The van der Waals surface area contributed by atoms with E-state index in [4.69, 9.17) is 5.11 Å². The van der Waals surface area contributed by atoms with Crippen molar-refractivity contribution >= 4 is 17.6 Å². The number of carboxylic acids is 1. The Kier molecular flexibility index (Phi) is 3.74. The Morgan fingerprint density at radius 3 is 2.63 bits per heavy atom. The first kappa shape index (κ1) is 13.4. The van der Waals surface area contributed by atoms with E-state index >= 15 is 0 Å². The summed E-state index contributed by atoms with van der Waals surface area (Å²) in [5, 5.41) is 11.7. The van der Waals surface area contributed by atoms with Crippen LogP contribution in [0.25, 0.3) is 0 Å². The highest BCUT2D eigenvalue weighted by molar-refractivity contribution is 5.90. The molecule has 5 nitrogen and oxygen atoms in total. The third-order valence-corrected chi connectivity index (χ3v) is 3.43. The maximum atomic E-state index is 11.9. The number of hydrogen-bond donors (Lipinski definition) is 2. The second-order valence-corrected chi connectivity index (χ2v) is 4.84. The lowest BCUT2D eigenvalue weighted by molar-refractivity contribution is -0.139. The number of piperazine rings is 1. The fourth-order valence-electron chi connectivity index (χ4n) is 2.61. The summed E-state index contributed by atoms with van der Waals surface area (Å²) in [5.41, 5.74) is 3.10. The van der Waals surface area contributed by atoms with Crippen molar-refractivity contribution in [2.24, 2.45) is 0 Å². The Morgan fingerprint density at radius 1 is 1.42 bits per heavy atom. The maximum Gasteiger partial charge on any atom is 0.305 e. The van der Waals surface area contributed by atoms with Crippen molar-refractivity contribution < 1.29 is 14.7 Å². The highest BCUT2D eigenvalue weighted by Crippen LogP contribution is 2.28. The molecule has 0 spiro atoms. The summed E-state index contributed by atoms with van der Waals surface area (Å²) in [7, 11) is 0. The van der Waals surface area contributed by atoms with Crippen molar-refractivity contribution in [2.45, 2.75) is 26.3 Å². The van der Waals surface area contributed by atoms with Crippen LogP contribution in [-0.2, 0) is 9.59 Å². The van der Waals surface area contributed by atoms with Crippen LogP contribution in [0.2, 0.25) is 0 Å². The normalized spacial score (nSPS) is 19.2. The van der Waals surface area contributed by atoms with Gasteiger partial charge in [0.05, 0.1) is 6.42 Å². The van der Waals surface area contributed by atoms with Crippen molar-refractivity contribution in [3.63, 3.8) is 0 Å². The monoisotopic (exact) mass is 262 g/mol. The summed E-state index contributed by atoms with van der Waals surface area (Å²) in [4.78, 5) is 24.8. The summed E-state index contributed by atoms with van der Waals surface area (Å²) in [6.07, 6.45) is -0.181. The van der Waals surface area contributed by atoms with Crippen LogP contribution >= 0.6 is 0 Å². The van der Waals surface area contributed by atoms with E-state index in [-0.39, 0.29) is 12.3 Å². The molecule has 1 atom stereocenters. The third-order valence-electron chi connectivity index (χ3n) is 3.43. The Morgan fingerprint density at radius 2 is 2.05 bits per heavy atom. The van der Waals surface area contributed by atoms with Gasteiger partial charge in [0.1, 0.15) is 6.04 Å². The number of carboxylic acid groups (broad SMARTS) is 1. The molecule has 19 heavy (non-hydrogen) atoms. The number of rotatable bonds is 3. The van der Waals surface area contributed by atoms with Crippen molar-refractivity contribution in [3.8, 4) is 0 Å². The molecule has 1 fully saturated rings. The molecule has 1 saturated heterocycles. The van der Waals surface area contributed by atoms with E-state index in [1.807, 2.05) is 36.9 Å². The molecule has 0 bridgehead atoms. The van der Waals surface area contributed by atoms with Crippen LogP contribution in [-0.4, -0.2) is 36.1 Å². The number of nitrogens with zero attached hydrogens (tertiary/aromatic N) is 1. The van der Waals surface area contributed by atoms with Gasteiger partial charge in [-0.15, -0.1) is 0 Å². The molecule has 102 valence electrons. The predicted octanol–water partition coefficient (Wildman–Crippen LogP) is 1.08. The molecule has 0 radical (unpaired) electrons. The predicted molar refractivity (Wildman–Crippen MR) is 72.3 cm³/mol. The number of aliphatic carboxylic acids is 1. The van der Waals surface area contributed by atoms with Crippen LogP contribution in [0.15, 0.2) is 18.2 Å². The van der Waals surface area contributed by atoms with E-state index in [2.05, 4.69) is 5.32 Å². The number of hydrogen-bond acceptors (Lipinski definition) is 3. The SMILES string of the molecule is Cc1cccc(C)c1N1CCNC(=O)C1CC(=O)O. The van der Waals surface area contributed by atoms with Gasteiger partial charge in [-0.2, -0.15) is 0 Å². The number of benzene rings is 1. The Hall–Kier alpha value is -2.04. The highest BCUT2D eigenvalue weighted by Gasteiger charge is 2.32. The average molecular weight is 262 g/mol. The number of amides is 1. The zero-order valence-electron chi connectivity index (χ0n) is 11.1. The number of nitrogens with one attached hydrogen (secondary N) is 1. The van der Waals surface area contributed by atoms with Crippen LogP contribution in [0.1, 0.15) is 17.5 Å². The van der Waals surface area contributed by atoms with Gasteiger partial charge in [0.2, 0.25) is 5.91 Å². The Balaban J connectivity index is 2.39. The molecular formula is C14H18N2O3. The first-order valence-corrected chi connectivity index (χ1v) is 6.33. The van der Waals surface area contributed by atoms with E-state index in [0.29, 0.717) is 13.1 Å². The first-order valence-electron chi connectivity index (χ1n) is 6.33. The number of aryl methyl sites for hydroxylation is 2. The molecule has 2 rings (SSSR count). The van der Waals surface area contributed by atoms with Gasteiger partial charge in [-0.1, -0.05) is 18.2 Å². The highest BCUT2D eigenvalue weighted by atomic mass is 16.4. The number of carbonyl (C=O) groups excluding carboxylic acids is 1. The largest absolute Gasteiger partial charge is 0.481 e. The summed E-state index contributed by atoms with van der Waals surface area (Å²) in [6.45, 7) is 5.14. The second kappa shape index (κ2) is 5.30. The van der Waals surface area contributed by atoms with Gasteiger partial charge < -0.3 is 15.3 Å². The van der Waals surface area contributed by atoms with Crippen LogP contribution in [0.5, 0.6) is 0 Å². The minimum absolute atomic E-state index is 0.181. The van der Waals surface area contributed by atoms with Crippen LogP contribution < -0.4 is 10.2 Å². The fraction of sp³-hybridized carbons (Fsp3) is 0.429. The van der Waals surface area contributed by atoms with Gasteiger partial charge in [0.15, 0.2) is 0 Å². The molecule has 1 aromatic rings. The molecule has 1 unspecified atom stereocenters. The zero-order valence-corrected chi connectivity index (χ0v) is 11.1. The fourth-order valence-corrected chi connectivity index (χ4v) is 2.61. The van der Waals surface area contributed by atoms with E-state index in [1.54, 1.807) is 0 Å².